The molecule has 0 bridgehead atoms. The van der Waals surface area contributed by atoms with Gasteiger partial charge in [-0.15, -0.1) is 0 Å². The van der Waals surface area contributed by atoms with E-state index in [-0.39, 0.29) is 0 Å². The summed E-state index contributed by atoms with van der Waals surface area (Å²) in [6, 6.07) is 1.44. The number of nitrogens with zero attached hydrogens (tertiary/aromatic N) is 1. The average Bonchev–Trinajstić information content (AvgIpc) is 3.31. The second kappa shape index (κ2) is 6.76. The Hall–Kier alpha value is -0.120. The van der Waals surface area contributed by atoms with E-state index in [4.69, 9.17) is 5.11 Å². The van der Waals surface area contributed by atoms with E-state index in [2.05, 4.69) is 17.1 Å². The van der Waals surface area contributed by atoms with Crippen LogP contribution in [0.4, 0.5) is 0 Å². The molecule has 1 saturated heterocycles. The van der Waals surface area contributed by atoms with Crippen LogP contribution in [-0.2, 0) is 0 Å². The molecule has 1 heterocycles. The fraction of sp³-hybridized carbons (Fsp3) is 1.00. The Morgan fingerprint density at radius 2 is 1.95 bits per heavy atom. The van der Waals surface area contributed by atoms with Crippen LogP contribution >= 0.6 is 0 Å². The lowest BCUT2D eigenvalue weighted by molar-refractivity contribution is 0.0880. The molecule has 0 aromatic heterocycles. The van der Waals surface area contributed by atoms with Crippen molar-refractivity contribution in [2.45, 2.75) is 64.0 Å². The van der Waals surface area contributed by atoms with Gasteiger partial charge in [0.2, 0.25) is 0 Å². The zero-order valence-electron chi connectivity index (χ0n) is 13.1. The minimum atomic E-state index is 0.313. The number of hydrogen-bond donors (Lipinski definition) is 2. The number of hydrogen-bond acceptors (Lipinski definition) is 3. The number of likely N-dealkylation sites (tertiary alicyclic amines) is 1. The topological polar surface area (TPSA) is 35.5 Å². The van der Waals surface area contributed by atoms with E-state index in [1.54, 1.807) is 0 Å². The summed E-state index contributed by atoms with van der Waals surface area (Å²) in [4.78, 5) is 2.77. The highest BCUT2D eigenvalue weighted by atomic mass is 16.3. The molecular weight excluding hydrogens is 248 g/mol. The van der Waals surface area contributed by atoms with Crippen molar-refractivity contribution in [3.05, 3.63) is 0 Å². The molecule has 3 unspecified atom stereocenters. The highest BCUT2D eigenvalue weighted by Crippen LogP contribution is 2.40. The molecule has 2 saturated carbocycles. The van der Waals surface area contributed by atoms with Crippen LogP contribution < -0.4 is 5.32 Å². The maximum atomic E-state index is 8.95. The molecular formula is C17H32N2O. The Balaban J connectivity index is 1.52. The summed E-state index contributed by atoms with van der Waals surface area (Å²) in [7, 11) is 0. The second-order valence-electron chi connectivity index (χ2n) is 7.54. The fourth-order valence-corrected chi connectivity index (χ4v) is 3.98. The first-order valence-corrected chi connectivity index (χ1v) is 8.84. The van der Waals surface area contributed by atoms with Crippen LogP contribution in [0.2, 0.25) is 0 Å². The highest BCUT2D eigenvalue weighted by Gasteiger charge is 2.37. The van der Waals surface area contributed by atoms with Crippen LogP contribution in [-0.4, -0.2) is 48.3 Å². The van der Waals surface area contributed by atoms with E-state index in [1.807, 2.05) is 0 Å². The number of piperidine rings is 1. The lowest BCUT2D eigenvalue weighted by Crippen LogP contribution is -2.52. The Bertz CT molecular complexity index is 301. The van der Waals surface area contributed by atoms with Gasteiger partial charge in [0.1, 0.15) is 0 Å². The number of nitrogens with one attached hydrogen (secondary N) is 1. The van der Waals surface area contributed by atoms with E-state index in [0.29, 0.717) is 12.6 Å². The smallest absolute Gasteiger partial charge is 0.0443 e. The van der Waals surface area contributed by atoms with Gasteiger partial charge < -0.3 is 10.4 Å². The predicted molar refractivity (Wildman–Crippen MR) is 82.7 cm³/mol. The Labute approximate surface area is 124 Å². The van der Waals surface area contributed by atoms with Gasteiger partial charge in [0.25, 0.3) is 0 Å². The number of rotatable bonds is 8. The van der Waals surface area contributed by atoms with Gasteiger partial charge in [-0.1, -0.05) is 12.8 Å². The summed E-state index contributed by atoms with van der Waals surface area (Å²) in [6.45, 7) is 6.30. The van der Waals surface area contributed by atoms with Gasteiger partial charge in [0.05, 0.1) is 0 Å². The van der Waals surface area contributed by atoms with Crippen LogP contribution in [0.15, 0.2) is 0 Å². The van der Waals surface area contributed by atoms with Crippen molar-refractivity contribution in [3.63, 3.8) is 0 Å². The zero-order valence-corrected chi connectivity index (χ0v) is 13.1. The highest BCUT2D eigenvalue weighted by molar-refractivity contribution is 4.92. The Morgan fingerprint density at radius 1 is 1.15 bits per heavy atom. The SMILES string of the molecule is CC(C1CC1)N1CC(CC2CC2)CC(NCCCO)C1. The van der Waals surface area contributed by atoms with Crippen LogP contribution in [0.3, 0.4) is 0 Å². The average molecular weight is 280 g/mol. The molecule has 20 heavy (non-hydrogen) atoms. The molecule has 2 N–H and O–H groups in total. The molecule has 0 aromatic carbocycles. The second-order valence-corrected chi connectivity index (χ2v) is 7.54. The molecule has 3 fully saturated rings. The maximum Gasteiger partial charge on any atom is 0.0443 e. The fourth-order valence-electron chi connectivity index (χ4n) is 3.98. The molecule has 3 rings (SSSR count). The summed E-state index contributed by atoms with van der Waals surface area (Å²) in [5.74, 6) is 2.94. The van der Waals surface area contributed by atoms with Gasteiger partial charge in [0, 0.05) is 31.8 Å². The van der Waals surface area contributed by atoms with Gasteiger partial charge in [-0.25, -0.2) is 0 Å². The largest absolute Gasteiger partial charge is 0.396 e. The van der Waals surface area contributed by atoms with Crippen molar-refractivity contribution in [1.82, 2.24) is 10.2 Å². The van der Waals surface area contributed by atoms with Crippen molar-refractivity contribution in [2.24, 2.45) is 17.8 Å². The molecule has 2 aliphatic carbocycles. The van der Waals surface area contributed by atoms with Crippen molar-refractivity contribution >= 4 is 0 Å². The minimum Gasteiger partial charge on any atom is -0.396 e. The molecule has 3 atom stereocenters. The Kier molecular flexibility index (Phi) is 5.00. The van der Waals surface area contributed by atoms with Crippen LogP contribution in [0.1, 0.15) is 51.9 Å². The molecule has 0 spiro atoms. The van der Waals surface area contributed by atoms with Gasteiger partial charge in [-0.05, 0) is 63.3 Å². The van der Waals surface area contributed by atoms with E-state index in [1.165, 1.54) is 51.6 Å². The normalized spacial score (nSPS) is 33.3. The van der Waals surface area contributed by atoms with E-state index >= 15 is 0 Å². The number of aliphatic hydroxyl groups excluding tert-OH is 1. The summed E-state index contributed by atoms with van der Waals surface area (Å²) >= 11 is 0. The summed E-state index contributed by atoms with van der Waals surface area (Å²) in [5.41, 5.74) is 0. The Morgan fingerprint density at radius 3 is 2.60 bits per heavy atom. The predicted octanol–water partition coefficient (Wildman–Crippen LogP) is 2.25. The van der Waals surface area contributed by atoms with Crippen LogP contribution in [0.25, 0.3) is 0 Å². The molecule has 1 aliphatic heterocycles. The van der Waals surface area contributed by atoms with Crippen molar-refractivity contribution in [2.75, 3.05) is 26.2 Å². The van der Waals surface area contributed by atoms with Crippen LogP contribution in [0, 0.1) is 17.8 Å². The van der Waals surface area contributed by atoms with Gasteiger partial charge in [0.15, 0.2) is 0 Å². The first-order chi connectivity index (χ1) is 9.76. The standard InChI is InChI=1S/C17H32N2O/c1-13(16-5-6-16)19-11-15(9-14-3-4-14)10-17(12-19)18-7-2-8-20/h13-18,20H,2-12H2,1H3. The monoisotopic (exact) mass is 280 g/mol. The van der Waals surface area contributed by atoms with Crippen molar-refractivity contribution < 1.29 is 5.11 Å². The summed E-state index contributed by atoms with van der Waals surface area (Å²) < 4.78 is 0. The first-order valence-electron chi connectivity index (χ1n) is 8.84. The quantitative estimate of drug-likeness (QED) is 0.669. The molecule has 0 aromatic rings. The van der Waals surface area contributed by atoms with Gasteiger partial charge in [-0.3, -0.25) is 4.90 Å². The van der Waals surface area contributed by atoms with Gasteiger partial charge >= 0.3 is 0 Å². The third-order valence-electron chi connectivity index (χ3n) is 5.58. The molecule has 3 nitrogen and oxygen atoms in total. The van der Waals surface area contributed by atoms with Crippen molar-refractivity contribution in [3.8, 4) is 0 Å². The third kappa shape index (κ3) is 4.19. The van der Waals surface area contributed by atoms with Crippen LogP contribution in [0.5, 0.6) is 0 Å². The van der Waals surface area contributed by atoms with E-state index in [0.717, 1.165) is 36.8 Å². The third-order valence-corrected chi connectivity index (χ3v) is 5.58. The van der Waals surface area contributed by atoms with E-state index < -0.39 is 0 Å². The lowest BCUT2D eigenvalue weighted by atomic mass is 9.88. The minimum absolute atomic E-state index is 0.313. The maximum absolute atomic E-state index is 8.95. The first kappa shape index (κ1) is 14.8. The molecule has 3 heteroatoms. The lowest BCUT2D eigenvalue weighted by Gasteiger charge is -2.41. The molecule has 0 radical (unpaired) electrons. The van der Waals surface area contributed by atoms with Crippen molar-refractivity contribution in [1.29, 1.82) is 0 Å². The zero-order chi connectivity index (χ0) is 13.9. The molecule has 116 valence electrons. The number of aliphatic hydroxyl groups is 1. The van der Waals surface area contributed by atoms with E-state index in [9.17, 15) is 0 Å². The molecule has 0 amide bonds. The van der Waals surface area contributed by atoms with Gasteiger partial charge in [-0.2, -0.15) is 0 Å². The molecule has 3 aliphatic rings. The summed E-state index contributed by atoms with van der Waals surface area (Å²) in [5, 5.41) is 12.6. The summed E-state index contributed by atoms with van der Waals surface area (Å²) in [6.07, 6.45) is 9.58.